The summed E-state index contributed by atoms with van der Waals surface area (Å²) in [5.74, 6) is 1.93. The van der Waals surface area contributed by atoms with Crippen molar-refractivity contribution in [1.29, 1.82) is 5.26 Å². The summed E-state index contributed by atoms with van der Waals surface area (Å²) in [5, 5.41) is 8.44. The Morgan fingerprint density at radius 1 is 1.67 bits per heavy atom. The Hall–Kier alpha value is -0.510. The highest BCUT2D eigenvalue weighted by molar-refractivity contribution is 5.01. The van der Waals surface area contributed by atoms with E-state index in [-0.39, 0.29) is 0 Å². The summed E-state index contributed by atoms with van der Waals surface area (Å²) >= 11 is 0. The van der Waals surface area contributed by atoms with Crippen LogP contribution in [0.15, 0.2) is 0 Å². The van der Waals surface area contributed by atoms with Crippen LogP contribution in [-0.4, -0.2) is 0 Å². The van der Waals surface area contributed by atoms with Crippen molar-refractivity contribution < 1.29 is 0 Å². The zero-order valence-electron chi connectivity index (χ0n) is 6.09. The van der Waals surface area contributed by atoms with Gasteiger partial charge in [-0.15, -0.1) is 0 Å². The highest BCUT2D eigenvalue weighted by Crippen LogP contribution is 2.42. The van der Waals surface area contributed by atoms with Crippen molar-refractivity contribution in [2.24, 2.45) is 17.8 Å². The molecule has 0 aliphatic heterocycles. The molecule has 1 aliphatic rings. The van der Waals surface area contributed by atoms with Gasteiger partial charge in [0.15, 0.2) is 0 Å². The predicted octanol–water partition coefficient (Wildman–Crippen LogP) is 2.19. The van der Waals surface area contributed by atoms with Gasteiger partial charge in [0.2, 0.25) is 0 Å². The minimum absolute atomic E-state index is 0.410. The first-order valence-corrected chi connectivity index (χ1v) is 3.63. The predicted molar refractivity (Wildman–Crippen MR) is 36.7 cm³/mol. The topological polar surface area (TPSA) is 23.8 Å². The molecule has 50 valence electrons. The maximum absolute atomic E-state index is 8.44. The van der Waals surface area contributed by atoms with Crippen molar-refractivity contribution in [2.45, 2.75) is 26.7 Å². The maximum atomic E-state index is 8.44. The van der Waals surface area contributed by atoms with Crippen LogP contribution in [0.5, 0.6) is 0 Å². The minimum Gasteiger partial charge on any atom is -0.198 e. The molecule has 1 fully saturated rings. The Morgan fingerprint density at radius 3 is 2.67 bits per heavy atom. The van der Waals surface area contributed by atoms with Gasteiger partial charge in [-0.1, -0.05) is 13.8 Å². The highest BCUT2D eigenvalue weighted by atomic mass is 14.4. The number of nitrogens with zero attached hydrogens (tertiary/aromatic N) is 1. The minimum atomic E-state index is 0.410. The average molecular weight is 123 g/mol. The molecule has 0 heterocycles. The van der Waals surface area contributed by atoms with Crippen LogP contribution >= 0.6 is 0 Å². The summed E-state index contributed by atoms with van der Waals surface area (Å²) in [6.45, 7) is 4.43. The van der Waals surface area contributed by atoms with Crippen molar-refractivity contribution in [3.05, 3.63) is 0 Å². The van der Waals surface area contributed by atoms with Crippen LogP contribution in [0.2, 0.25) is 0 Å². The summed E-state index contributed by atoms with van der Waals surface area (Å²) in [5.41, 5.74) is 0. The van der Waals surface area contributed by atoms with E-state index >= 15 is 0 Å². The van der Waals surface area contributed by atoms with Crippen LogP contribution in [0.25, 0.3) is 0 Å². The fourth-order valence-electron chi connectivity index (χ4n) is 1.27. The lowest BCUT2D eigenvalue weighted by Gasteiger charge is -1.98. The molecule has 1 rings (SSSR count). The van der Waals surface area contributed by atoms with Gasteiger partial charge in [-0.3, -0.25) is 0 Å². The lowest BCUT2D eigenvalue weighted by molar-refractivity contribution is 0.529. The number of nitriles is 1. The Bertz CT molecular complexity index is 132. The number of hydrogen-bond donors (Lipinski definition) is 0. The van der Waals surface area contributed by atoms with E-state index in [2.05, 4.69) is 19.9 Å². The zero-order valence-corrected chi connectivity index (χ0v) is 6.09. The standard InChI is InChI=1S/C8H13N/c1-6(2)3-7-4-8(7)5-9/h6-8H,3-4H2,1-2H3/t7-,8+/m0/s1. The molecule has 0 amide bonds. The van der Waals surface area contributed by atoms with Crippen LogP contribution < -0.4 is 0 Å². The Balaban J connectivity index is 2.14. The van der Waals surface area contributed by atoms with E-state index in [4.69, 9.17) is 5.26 Å². The van der Waals surface area contributed by atoms with Gasteiger partial charge < -0.3 is 0 Å². The van der Waals surface area contributed by atoms with Crippen LogP contribution in [0.3, 0.4) is 0 Å². The Labute approximate surface area is 56.7 Å². The van der Waals surface area contributed by atoms with Gasteiger partial charge in [0, 0.05) is 5.92 Å². The average Bonchev–Trinajstić information content (AvgIpc) is 2.45. The highest BCUT2D eigenvalue weighted by Gasteiger charge is 2.36. The van der Waals surface area contributed by atoms with Crippen molar-refractivity contribution in [2.75, 3.05) is 0 Å². The molecule has 1 nitrogen and oxygen atoms in total. The summed E-state index contributed by atoms with van der Waals surface area (Å²) in [4.78, 5) is 0. The van der Waals surface area contributed by atoms with Gasteiger partial charge in [-0.05, 0) is 24.7 Å². The molecule has 0 spiro atoms. The van der Waals surface area contributed by atoms with Crippen molar-refractivity contribution in [3.63, 3.8) is 0 Å². The fraction of sp³-hybridized carbons (Fsp3) is 0.875. The van der Waals surface area contributed by atoms with Crippen molar-refractivity contribution in [3.8, 4) is 6.07 Å². The van der Waals surface area contributed by atoms with E-state index in [1.54, 1.807) is 0 Å². The van der Waals surface area contributed by atoms with Gasteiger partial charge in [-0.25, -0.2) is 0 Å². The molecule has 0 aromatic heterocycles. The fourth-order valence-corrected chi connectivity index (χ4v) is 1.27. The van der Waals surface area contributed by atoms with Gasteiger partial charge in [0.1, 0.15) is 0 Å². The van der Waals surface area contributed by atoms with Crippen molar-refractivity contribution in [1.82, 2.24) is 0 Å². The Morgan fingerprint density at radius 2 is 2.33 bits per heavy atom. The zero-order chi connectivity index (χ0) is 6.85. The third-order valence-electron chi connectivity index (χ3n) is 1.86. The summed E-state index contributed by atoms with van der Waals surface area (Å²) in [6, 6.07) is 2.29. The number of rotatable bonds is 2. The molecule has 0 bridgehead atoms. The lowest BCUT2D eigenvalue weighted by atomic mass is 10.1. The molecule has 1 saturated carbocycles. The first kappa shape index (κ1) is 6.61. The third-order valence-corrected chi connectivity index (χ3v) is 1.86. The van der Waals surface area contributed by atoms with Gasteiger partial charge in [0.25, 0.3) is 0 Å². The monoisotopic (exact) mass is 123 g/mol. The molecule has 0 aromatic rings. The maximum Gasteiger partial charge on any atom is 0.0658 e. The summed E-state index contributed by atoms with van der Waals surface area (Å²) in [7, 11) is 0. The molecule has 2 atom stereocenters. The van der Waals surface area contributed by atoms with E-state index in [0.717, 1.165) is 18.3 Å². The second-order valence-corrected chi connectivity index (χ2v) is 3.36. The van der Waals surface area contributed by atoms with Gasteiger partial charge >= 0.3 is 0 Å². The quantitative estimate of drug-likeness (QED) is 0.552. The van der Waals surface area contributed by atoms with Crippen LogP contribution in [-0.2, 0) is 0 Å². The normalized spacial score (nSPS) is 32.2. The first-order chi connectivity index (χ1) is 4.24. The van der Waals surface area contributed by atoms with E-state index < -0.39 is 0 Å². The van der Waals surface area contributed by atoms with E-state index in [9.17, 15) is 0 Å². The van der Waals surface area contributed by atoms with Crippen LogP contribution in [0, 0.1) is 29.1 Å². The van der Waals surface area contributed by atoms with E-state index in [1.165, 1.54) is 6.42 Å². The molecule has 1 heteroatoms. The first-order valence-electron chi connectivity index (χ1n) is 3.63. The van der Waals surface area contributed by atoms with E-state index in [1.807, 2.05) is 0 Å². The Kier molecular flexibility index (Phi) is 1.75. The molecule has 0 aromatic carbocycles. The third kappa shape index (κ3) is 1.71. The summed E-state index contributed by atoms with van der Waals surface area (Å²) < 4.78 is 0. The molecule has 0 saturated heterocycles. The second-order valence-electron chi connectivity index (χ2n) is 3.36. The van der Waals surface area contributed by atoms with Crippen LogP contribution in [0.4, 0.5) is 0 Å². The lowest BCUT2D eigenvalue weighted by Crippen LogP contribution is -1.89. The SMILES string of the molecule is CC(C)C[C@H]1C[C@@H]1C#N. The van der Waals surface area contributed by atoms with Gasteiger partial charge in [0.05, 0.1) is 6.07 Å². The second kappa shape index (κ2) is 2.39. The molecule has 9 heavy (non-hydrogen) atoms. The summed E-state index contributed by atoms with van der Waals surface area (Å²) in [6.07, 6.45) is 2.41. The smallest absolute Gasteiger partial charge is 0.0658 e. The largest absolute Gasteiger partial charge is 0.198 e. The van der Waals surface area contributed by atoms with E-state index in [0.29, 0.717) is 5.92 Å². The van der Waals surface area contributed by atoms with Gasteiger partial charge in [-0.2, -0.15) is 5.26 Å². The number of hydrogen-bond acceptors (Lipinski definition) is 1. The molecule has 1 aliphatic carbocycles. The molecular formula is C8H13N. The molecule has 0 N–H and O–H groups in total. The van der Waals surface area contributed by atoms with Crippen molar-refractivity contribution >= 4 is 0 Å². The molecular weight excluding hydrogens is 110 g/mol. The van der Waals surface area contributed by atoms with Crippen LogP contribution in [0.1, 0.15) is 26.7 Å². The molecule has 0 unspecified atom stereocenters. The molecule has 0 radical (unpaired) electrons.